The lowest BCUT2D eigenvalue weighted by atomic mass is 10.0. The number of anilines is 5. The fourth-order valence-corrected chi connectivity index (χ4v) is 6.91. The van der Waals surface area contributed by atoms with Crippen molar-refractivity contribution in [1.29, 1.82) is 0 Å². The van der Waals surface area contributed by atoms with Crippen LogP contribution in [0.15, 0.2) is 231 Å². The van der Waals surface area contributed by atoms with Crippen molar-refractivity contribution in [2.24, 2.45) is 0 Å². The van der Waals surface area contributed by atoms with Gasteiger partial charge < -0.3 is 47.0 Å². The van der Waals surface area contributed by atoms with Crippen LogP contribution in [0.25, 0.3) is 16.8 Å². The number of aliphatic carboxylic acids is 4. The van der Waals surface area contributed by atoms with Crippen molar-refractivity contribution >= 4 is 92.8 Å². The Morgan fingerprint density at radius 3 is 1.21 bits per heavy atom. The average molecular weight is 1180 g/mol. The highest BCUT2D eigenvalue weighted by atomic mass is 16.4. The largest absolute Gasteiger partial charge is 0.481 e. The van der Waals surface area contributed by atoms with Gasteiger partial charge in [0, 0.05) is 65.2 Å². The summed E-state index contributed by atoms with van der Waals surface area (Å²) in [6.45, 7) is 12.0. The third kappa shape index (κ3) is 34.1. The minimum atomic E-state index is -1.15. The average Bonchev–Trinajstić information content (AvgIpc) is 2.95. The van der Waals surface area contributed by atoms with Crippen molar-refractivity contribution < 1.29 is 58.8 Å². The number of benzene rings is 8. The van der Waals surface area contributed by atoms with Gasteiger partial charge in [0.2, 0.25) is 23.6 Å². The number of rotatable bonds is 15. The Balaban J connectivity index is 0.000000354. The molecule has 0 aliphatic rings. The predicted octanol–water partition coefficient (Wildman–Crippen LogP) is 13.8. The summed E-state index contributed by atoms with van der Waals surface area (Å²) >= 11 is 0. The molecular formula is C70H75N5O12. The van der Waals surface area contributed by atoms with Crippen LogP contribution in [0, 0.1) is 27.7 Å². The van der Waals surface area contributed by atoms with E-state index in [9.17, 15) is 38.4 Å². The second kappa shape index (κ2) is 41.7. The number of hydrogen-bond acceptors (Lipinski definition) is 9. The molecular weight excluding hydrogens is 1100 g/mol. The van der Waals surface area contributed by atoms with Gasteiger partial charge in [0.05, 0.1) is 0 Å². The van der Waals surface area contributed by atoms with E-state index in [1.54, 1.807) is 42.5 Å². The summed E-state index contributed by atoms with van der Waals surface area (Å²) in [7, 11) is 1.91. The van der Waals surface area contributed by atoms with E-state index in [1.165, 1.54) is 16.7 Å². The van der Waals surface area contributed by atoms with Crippen LogP contribution in [-0.4, -0.2) is 75.0 Å². The van der Waals surface area contributed by atoms with Gasteiger partial charge >= 0.3 is 23.9 Å². The minimum Gasteiger partial charge on any atom is -0.481 e. The van der Waals surface area contributed by atoms with E-state index in [-0.39, 0.29) is 0 Å². The maximum absolute atomic E-state index is 11.6. The molecule has 87 heavy (non-hydrogen) atoms. The van der Waals surface area contributed by atoms with Crippen molar-refractivity contribution in [2.45, 2.75) is 60.8 Å². The molecule has 0 spiro atoms. The molecule has 0 saturated carbocycles. The van der Waals surface area contributed by atoms with Crippen molar-refractivity contribution in [2.75, 3.05) is 33.6 Å². The summed E-state index contributed by atoms with van der Waals surface area (Å²) in [5.74, 6) is -6.49. The first-order valence-corrected chi connectivity index (χ1v) is 27.2. The normalized spacial score (nSPS) is 9.87. The number of carboxylic acid groups (broad SMARTS) is 4. The van der Waals surface area contributed by atoms with E-state index in [0.717, 1.165) is 63.9 Å². The second-order valence-electron chi connectivity index (χ2n) is 18.5. The van der Waals surface area contributed by atoms with Crippen molar-refractivity contribution in [3.05, 3.63) is 264 Å². The smallest absolute Gasteiger partial charge is 0.328 e. The lowest BCUT2D eigenvalue weighted by molar-refractivity contribution is -0.141. The number of nitrogens with one attached hydrogen (secondary N) is 5. The molecule has 0 bridgehead atoms. The quantitative estimate of drug-likeness (QED) is 0.0342. The van der Waals surface area contributed by atoms with Crippen LogP contribution < -0.4 is 26.6 Å². The number of fused-ring (bicyclic) bond motifs is 1. The molecule has 0 radical (unpaired) electrons. The number of carbonyl (C=O) groups is 8. The molecule has 452 valence electrons. The summed E-state index contributed by atoms with van der Waals surface area (Å²) in [6, 6.07) is 63.7. The molecule has 0 aliphatic heterocycles. The molecule has 0 atom stereocenters. The molecule has 8 rings (SSSR count). The van der Waals surface area contributed by atoms with Gasteiger partial charge in [0.25, 0.3) is 0 Å². The molecule has 0 unspecified atom stereocenters. The molecule has 0 fully saturated rings. The number of para-hydroxylation sites is 1. The van der Waals surface area contributed by atoms with Gasteiger partial charge in [-0.15, -0.1) is 0 Å². The molecule has 0 heterocycles. The highest BCUT2D eigenvalue weighted by Crippen LogP contribution is 2.26. The van der Waals surface area contributed by atoms with Gasteiger partial charge in [0.15, 0.2) is 0 Å². The number of aryl methyl sites for hydroxylation is 5. The number of amides is 4. The third-order valence-corrected chi connectivity index (χ3v) is 11.2. The number of allylic oxidation sites excluding steroid dienone is 1. The Kier molecular flexibility index (Phi) is 34.5. The monoisotopic (exact) mass is 1180 g/mol. The standard InChI is InChI=1S/C15H13NO3.C11H11NO3.C11H13NO3.C10H11NO3.C9H10.C7H9N.C7H8/c1-10-4-2-6-12-11(10)5-3-7-13(12)16-14(17)8-9-15(18)19;1-8-2-4-9(5-3-8)12-10(13)6-7-11(14)15;1-2-8-3-5-9(6-4-8)12-10(13)7-11(14)15;1-7-2-4-8(5-3-7)11-9(12)6-10(13)14;1-2-6-9-7-4-3-5-8-9;1-8-7-5-3-2-4-6-7;1-7-5-3-2-4-6-7/h2-9H,1H3,(H,16,17)(H,18,19);2-7H,1H3,(H,12,13)(H,14,15);3-6H,2,7H2,1H3,(H,12,13)(H,14,15);2-5H,6H2,1H3,(H,11,12)(H,13,14);2-8H,1H3;2-6,8H,1H3;2-6H,1H3/b9-8+;7-6+;;;6-2+;;. The molecule has 17 nitrogen and oxygen atoms in total. The fourth-order valence-electron chi connectivity index (χ4n) is 6.91. The summed E-state index contributed by atoms with van der Waals surface area (Å²) in [4.78, 5) is 85.7. The summed E-state index contributed by atoms with van der Waals surface area (Å²) in [5, 5.41) is 48.7. The summed E-state index contributed by atoms with van der Waals surface area (Å²) < 4.78 is 0. The van der Waals surface area contributed by atoms with Crippen molar-refractivity contribution in [3.8, 4) is 0 Å². The van der Waals surface area contributed by atoms with Crippen LogP contribution in [0.3, 0.4) is 0 Å². The lowest BCUT2D eigenvalue weighted by Crippen LogP contribution is -2.15. The van der Waals surface area contributed by atoms with E-state index in [0.29, 0.717) is 22.7 Å². The molecule has 8 aromatic rings. The first-order chi connectivity index (χ1) is 41.6. The Hall–Kier alpha value is -11.2. The Labute approximate surface area is 507 Å². The zero-order valence-corrected chi connectivity index (χ0v) is 49.7. The lowest BCUT2D eigenvalue weighted by Gasteiger charge is -2.08. The highest BCUT2D eigenvalue weighted by Gasteiger charge is 2.09. The first kappa shape index (κ1) is 71.9. The fraction of sp³-hybridized carbons (Fsp3) is 0.143. The molecule has 9 N–H and O–H groups in total. The van der Waals surface area contributed by atoms with E-state index in [4.69, 9.17) is 20.4 Å². The highest BCUT2D eigenvalue weighted by molar-refractivity contribution is 6.08. The van der Waals surface area contributed by atoms with E-state index in [1.807, 2.05) is 181 Å². The first-order valence-electron chi connectivity index (χ1n) is 27.2. The van der Waals surface area contributed by atoms with E-state index < -0.39 is 60.3 Å². The maximum atomic E-state index is 11.6. The van der Waals surface area contributed by atoms with Crippen LogP contribution in [0.1, 0.15) is 60.1 Å². The molecule has 0 aliphatic carbocycles. The van der Waals surface area contributed by atoms with Crippen LogP contribution in [-0.2, 0) is 44.8 Å². The van der Waals surface area contributed by atoms with Gasteiger partial charge in [-0.3, -0.25) is 28.8 Å². The molecule has 17 heteroatoms. The van der Waals surface area contributed by atoms with E-state index in [2.05, 4.69) is 63.8 Å². The Morgan fingerprint density at radius 1 is 0.402 bits per heavy atom. The molecule has 8 aromatic carbocycles. The van der Waals surface area contributed by atoms with Crippen molar-refractivity contribution in [1.82, 2.24) is 0 Å². The molecule has 0 saturated heterocycles. The number of carboxylic acids is 4. The predicted molar refractivity (Wildman–Crippen MR) is 348 cm³/mol. The van der Waals surface area contributed by atoms with Crippen LogP contribution in [0.2, 0.25) is 0 Å². The zero-order valence-electron chi connectivity index (χ0n) is 49.7. The van der Waals surface area contributed by atoms with Crippen molar-refractivity contribution in [3.63, 3.8) is 0 Å². The Bertz CT molecular complexity index is 3500. The van der Waals surface area contributed by atoms with Gasteiger partial charge in [-0.1, -0.05) is 181 Å². The van der Waals surface area contributed by atoms with Gasteiger partial charge in [-0.05, 0) is 118 Å². The van der Waals surface area contributed by atoms with E-state index >= 15 is 0 Å². The second-order valence-corrected chi connectivity index (χ2v) is 18.5. The van der Waals surface area contributed by atoms with Crippen LogP contribution in [0.5, 0.6) is 0 Å². The summed E-state index contributed by atoms with van der Waals surface area (Å²) in [6.07, 6.45) is 7.62. The SMILES string of the molecule is C/C=C/c1ccccc1.CCc1ccc(NC(=O)CC(=O)O)cc1.CNc1ccccc1.Cc1ccc(NC(=O)/C=C/C(=O)O)cc1.Cc1ccc(NC(=O)CC(=O)O)cc1.Cc1cccc2c(NC(=O)/C=C/C(=O)O)cccc12.Cc1ccccc1. The third-order valence-electron chi connectivity index (χ3n) is 11.2. The number of hydrogen-bond donors (Lipinski definition) is 9. The van der Waals surface area contributed by atoms with Crippen LogP contribution >= 0.6 is 0 Å². The topological polar surface area (TPSA) is 278 Å². The van der Waals surface area contributed by atoms with Gasteiger partial charge in [0.1, 0.15) is 12.8 Å². The zero-order chi connectivity index (χ0) is 64.4. The van der Waals surface area contributed by atoms with Gasteiger partial charge in [-0.2, -0.15) is 0 Å². The van der Waals surface area contributed by atoms with Crippen LogP contribution in [0.4, 0.5) is 28.4 Å². The minimum absolute atomic E-state index is 0.457. The summed E-state index contributed by atoms with van der Waals surface area (Å²) in [5.41, 5.74) is 10.8. The number of carbonyl (C=O) groups excluding carboxylic acids is 4. The van der Waals surface area contributed by atoms with Gasteiger partial charge in [-0.25, -0.2) is 9.59 Å². The molecule has 0 aromatic heterocycles. The maximum Gasteiger partial charge on any atom is 0.328 e. The molecule has 4 amide bonds. The Morgan fingerprint density at radius 2 is 0.805 bits per heavy atom.